The van der Waals surface area contributed by atoms with Gasteiger partial charge < -0.3 is 19.7 Å². The molecule has 0 spiro atoms. The molecule has 0 heterocycles. The van der Waals surface area contributed by atoms with E-state index in [2.05, 4.69) is 5.32 Å². The van der Waals surface area contributed by atoms with Crippen molar-refractivity contribution in [2.24, 2.45) is 0 Å². The van der Waals surface area contributed by atoms with Gasteiger partial charge in [-0.05, 0) is 49.6 Å². The Labute approximate surface area is 248 Å². The van der Waals surface area contributed by atoms with Crippen LogP contribution in [0, 0.1) is 0 Å². The number of rotatable bonds is 12. The fourth-order valence-electron chi connectivity index (χ4n) is 5.16. The van der Waals surface area contributed by atoms with E-state index >= 15 is 0 Å². The van der Waals surface area contributed by atoms with E-state index in [9.17, 15) is 18.0 Å². The lowest BCUT2D eigenvalue weighted by molar-refractivity contribution is -0.139. The summed E-state index contributed by atoms with van der Waals surface area (Å²) in [6.45, 7) is 1.33. The Balaban J connectivity index is 1.67. The molecule has 3 aromatic rings. The Bertz CT molecular complexity index is 1440. The molecule has 3 aromatic carbocycles. The first-order valence-electron chi connectivity index (χ1n) is 14.2. The highest BCUT2D eigenvalue weighted by atomic mass is 32.2. The molecule has 1 fully saturated rings. The number of anilines is 1. The lowest BCUT2D eigenvalue weighted by atomic mass is 9.95. The summed E-state index contributed by atoms with van der Waals surface area (Å²) in [6.07, 6.45) is 5.11. The SMILES string of the molecule is COc1ccc(S(=O)(=O)N(CC(=O)N(Cc2ccccc2)[C@H](C)C(=O)NC2CCCCC2)c2ccccc2)cc1OC. The predicted octanol–water partition coefficient (Wildman–Crippen LogP) is 4.77. The number of nitrogens with zero attached hydrogens (tertiary/aromatic N) is 2. The fraction of sp³-hybridized carbons (Fsp3) is 0.375. The second kappa shape index (κ2) is 14.2. The smallest absolute Gasteiger partial charge is 0.264 e. The van der Waals surface area contributed by atoms with Gasteiger partial charge in [-0.1, -0.05) is 67.8 Å². The molecule has 42 heavy (non-hydrogen) atoms. The number of sulfonamides is 1. The highest BCUT2D eigenvalue weighted by molar-refractivity contribution is 7.92. The number of hydrogen-bond donors (Lipinski definition) is 1. The minimum absolute atomic E-state index is 0.0606. The largest absolute Gasteiger partial charge is 0.493 e. The van der Waals surface area contributed by atoms with Crippen LogP contribution in [0.1, 0.15) is 44.6 Å². The molecule has 1 aliphatic rings. The van der Waals surface area contributed by atoms with E-state index in [4.69, 9.17) is 9.47 Å². The maximum atomic E-state index is 14.1. The van der Waals surface area contributed by atoms with E-state index in [-0.39, 0.29) is 29.1 Å². The van der Waals surface area contributed by atoms with Gasteiger partial charge in [-0.2, -0.15) is 0 Å². The van der Waals surface area contributed by atoms with Gasteiger partial charge in [0.25, 0.3) is 10.0 Å². The number of amides is 2. The van der Waals surface area contributed by atoms with Crippen molar-refractivity contribution in [2.45, 2.75) is 62.6 Å². The molecular formula is C32H39N3O6S. The Morgan fingerprint density at radius 2 is 1.50 bits per heavy atom. The van der Waals surface area contributed by atoms with Gasteiger partial charge in [0.1, 0.15) is 12.6 Å². The maximum absolute atomic E-state index is 14.1. The van der Waals surface area contributed by atoms with Gasteiger partial charge in [0.2, 0.25) is 11.8 Å². The van der Waals surface area contributed by atoms with Crippen molar-refractivity contribution in [3.8, 4) is 11.5 Å². The van der Waals surface area contributed by atoms with Gasteiger partial charge in [0, 0.05) is 18.7 Å². The molecule has 1 N–H and O–H groups in total. The second-order valence-corrected chi connectivity index (χ2v) is 12.3. The molecule has 0 radical (unpaired) electrons. The van der Waals surface area contributed by atoms with E-state index in [1.54, 1.807) is 37.3 Å². The minimum Gasteiger partial charge on any atom is -0.493 e. The monoisotopic (exact) mass is 593 g/mol. The topological polar surface area (TPSA) is 105 Å². The van der Waals surface area contributed by atoms with Crippen LogP contribution in [0.4, 0.5) is 5.69 Å². The van der Waals surface area contributed by atoms with Crippen molar-refractivity contribution < 1.29 is 27.5 Å². The number of ether oxygens (including phenoxy) is 2. The summed E-state index contributed by atoms with van der Waals surface area (Å²) in [5.41, 5.74) is 1.15. The van der Waals surface area contributed by atoms with Crippen LogP contribution in [0.25, 0.3) is 0 Å². The Morgan fingerprint density at radius 1 is 0.881 bits per heavy atom. The number of benzene rings is 3. The Morgan fingerprint density at radius 3 is 2.12 bits per heavy atom. The summed E-state index contributed by atoms with van der Waals surface area (Å²) < 4.78 is 39.8. The molecule has 224 valence electrons. The number of methoxy groups -OCH3 is 2. The lowest BCUT2D eigenvalue weighted by Crippen LogP contribution is -2.53. The van der Waals surface area contributed by atoms with Gasteiger partial charge in [0.05, 0.1) is 24.8 Å². The molecule has 0 aliphatic heterocycles. The van der Waals surface area contributed by atoms with Gasteiger partial charge >= 0.3 is 0 Å². The molecule has 0 saturated heterocycles. The molecule has 4 rings (SSSR count). The second-order valence-electron chi connectivity index (χ2n) is 10.4. The summed E-state index contributed by atoms with van der Waals surface area (Å²) in [6, 6.07) is 21.4. The van der Waals surface area contributed by atoms with Crippen LogP contribution in [0.15, 0.2) is 83.8 Å². The molecule has 1 saturated carbocycles. The Hall–Kier alpha value is -4.05. The van der Waals surface area contributed by atoms with Crippen molar-refractivity contribution in [3.63, 3.8) is 0 Å². The number of hydrogen-bond acceptors (Lipinski definition) is 6. The highest BCUT2D eigenvalue weighted by Crippen LogP contribution is 2.32. The third-order valence-electron chi connectivity index (χ3n) is 7.58. The zero-order valence-electron chi connectivity index (χ0n) is 24.4. The summed E-state index contributed by atoms with van der Waals surface area (Å²) in [5.74, 6) is -0.125. The Kier molecular flexibility index (Phi) is 10.5. The fourth-order valence-corrected chi connectivity index (χ4v) is 6.59. The molecule has 10 heteroatoms. The average molecular weight is 594 g/mol. The molecule has 0 aromatic heterocycles. The van der Waals surface area contributed by atoms with Crippen molar-refractivity contribution in [1.82, 2.24) is 10.2 Å². The third kappa shape index (κ3) is 7.42. The zero-order chi connectivity index (χ0) is 30.1. The van der Waals surface area contributed by atoms with Crippen molar-refractivity contribution in [1.29, 1.82) is 0 Å². The van der Waals surface area contributed by atoms with Crippen LogP contribution in [0.3, 0.4) is 0 Å². The van der Waals surface area contributed by atoms with Gasteiger partial charge in [-0.15, -0.1) is 0 Å². The van der Waals surface area contributed by atoms with Crippen molar-refractivity contribution in [3.05, 3.63) is 84.4 Å². The van der Waals surface area contributed by atoms with Crippen LogP contribution in [0.2, 0.25) is 0 Å². The molecule has 1 atom stereocenters. The normalized spacial score (nSPS) is 14.5. The molecule has 9 nitrogen and oxygen atoms in total. The molecule has 2 amide bonds. The maximum Gasteiger partial charge on any atom is 0.264 e. The van der Waals surface area contributed by atoms with E-state index in [0.29, 0.717) is 11.4 Å². The van der Waals surface area contributed by atoms with Crippen molar-refractivity contribution >= 4 is 27.5 Å². The summed E-state index contributed by atoms with van der Waals surface area (Å²) in [4.78, 5) is 28.8. The number of carbonyl (C=O) groups is 2. The predicted molar refractivity (Wildman–Crippen MR) is 162 cm³/mol. The molecule has 1 aliphatic carbocycles. The quantitative estimate of drug-likeness (QED) is 0.325. The first-order valence-corrected chi connectivity index (χ1v) is 15.6. The third-order valence-corrected chi connectivity index (χ3v) is 9.35. The molecular weight excluding hydrogens is 554 g/mol. The molecule has 0 bridgehead atoms. The summed E-state index contributed by atoms with van der Waals surface area (Å²) in [5, 5.41) is 3.11. The summed E-state index contributed by atoms with van der Waals surface area (Å²) >= 11 is 0. The van der Waals surface area contributed by atoms with Crippen LogP contribution >= 0.6 is 0 Å². The first-order chi connectivity index (χ1) is 20.2. The van der Waals surface area contributed by atoms with E-state index in [1.165, 1.54) is 37.3 Å². The lowest BCUT2D eigenvalue weighted by Gasteiger charge is -2.33. The van der Waals surface area contributed by atoms with Crippen LogP contribution < -0.4 is 19.1 Å². The van der Waals surface area contributed by atoms with E-state index in [0.717, 1.165) is 42.0 Å². The van der Waals surface area contributed by atoms with Crippen LogP contribution in [-0.4, -0.2) is 58.0 Å². The van der Waals surface area contributed by atoms with Crippen molar-refractivity contribution in [2.75, 3.05) is 25.1 Å². The number of carbonyl (C=O) groups excluding carboxylic acids is 2. The standard InChI is InChI=1S/C32H39N3O6S/c1-24(32(37)33-26-15-9-5-10-16-26)34(22-25-13-7-4-8-14-25)31(36)23-35(27-17-11-6-12-18-27)42(38,39)28-19-20-29(40-2)30(21-28)41-3/h4,6-8,11-14,17-21,24,26H,5,9-10,15-16,22-23H2,1-3H3,(H,33,37)/t24-/m1/s1. The first kappa shape index (κ1) is 30.9. The molecule has 0 unspecified atom stereocenters. The highest BCUT2D eigenvalue weighted by Gasteiger charge is 2.33. The van der Waals surface area contributed by atoms with Crippen LogP contribution in [-0.2, 0) is 26.2 Å². The van der Waals surface area contributed by atoms with Gasteiger partial charge in [-0.25, -0.2) is 8.42 Å². The van der Waals surface area contributed by atoms with E-state index < -0.39 is 28.5 Å². The number of para-hydroxylation sites is 1. The van der Waals surface area contributed by atoms with Gasteiger partial charge in [-0.3, -0.25) is 13.9 Å². The van der Waals surface area contributed by atoms with E-state index in [1.807, 2.05) is 30.3 Å². The van der Waals surface area contributed by atoms with Gasteiger partial charge in [0.15, 0.2) is 11.5 Å². The minimum atomic E-state index is -4.23. The zero-order valence-corrected chi connectivity index (χ0v) is 25.2. The van der Waals surface area contributed by atoms with Crippen LogP contribution in [0.5, 0.6) is 11.5 Å². The number of nitrogens with one attached hydrogen (secondary N) is 1. The average Bonchev–Trinajstić information content (AvgIpc) is 3.02. The summed E-state index contributed by atoms with van der Waals surface area (Å²) in [7, 11) is -1.34.